The molecule has 1 fully saturated rings. The molecule has 0 bridgehead atoms. The van der Waals surface area contributed by atoms with Crippen molar-refractivity contribution in [3.63, 3.8) is 0 Å². The van der Waals surface area contributed by atoms with E-state index >= 15 is 0 Å². The highest BCUT2D eigenvalue weighted by Gasteiger charge is 2.30. The molecule has 4 rings (SSSR count). The minimum atomic E-state index is -3.52. The molecule has 31 heavy (non-hydrogen) atoms. The molecule has 0 spiro atoms. The van der Waals surface area contributed by atoms with Gasteiger partial charge in [0.1, 0.15) is 0 Å². The molecule has 1 heterocycles. The fourth-order valence-electron chi connectivity index (χ4n) is 3.77. The molecule has 0 unspecified atom stereocenters. The van der Waals surface area contributed by atoms with Crippen molar-refractivity contribution in [3.8, 4) is 11.1 Å². The van der Waals surface area contributed by atoms with Crippen molar-refractivity contribution >= 4 is 15.9 Å². The van der Waals surface area contributed by atoms with Gasteiger partial charge in [-0.15, -0.1) is 0 Å². The van der Waals surface area contributed by atoms with Crippen LogP contribution in [0.1, 0.15) is 11.1 Å². The zero-order valence-corrected chi connectivity index (χ0v) is 18.4. The van der Waals surface area contributed by atoms with Gasteiger partial charge in [-0.2, -0.15) is 4.31 Å². The van der Waals surface area contributed by atoms with E-state index in [9.17, 15) is 13.2 Å². The molecular formula is C25H26N2O3S. The van der Waals surface area contributed by atoms with Gasteiger partial charge in [0, 0.05) is 26.2 Å². The Bertz CT molecular complexity index is 1130. The van der Waals surface area contributed by atoms with Crippen molar-refractivity contribution in [3.05, 3.63) is 90.0 Å². The Morgan fingerprint density at radius 1 is 0.774 bits per heavy atom. The number of piperazine rings is 1. The second-order valence-electron chi connectivity index (χ2n) is 7.84. The number of carbonyl (C=O) groups is 1. The Balaban J connectivity index is 1.34. The summed E-state index contributed by atoms with van der Waals surface area (Å²) in [5.41, 5.74) is 4.24. The van der Waals surface area contributed by atoms with E-state index in [0.29, 0.717) is 37.5 Å². The van der Waals surface area contributed by atoms with Crippen molar-refractivity contribution in [1.29, 1.82) is 0 Å². The molecule has 0 aromatic heterocycles. The first-order valence-corrected chi connectivity index (χ1v) is 11.9. The second kappa shape index (κ2) is 9.04. The van der Waals surface area contributed by atoms with E-state index in [1.165, 1.54) is 4.31 Å². The van der Waals surface area contributed by atoms with Crippen molar-refractivity contribution in [2.45, 2.75) is 18.2 Å². The number of aryl methyl sites for hydroxylation is 1. The Hall–Kier alpha value is -2.96. The predicted octanol–water partition coefficient (Wildman–Crippen LogP) is 3.74. The van der Waals surface area contributed by atoms with Crippen LogP contribution in [0.3, 0.4) is 0 Å². The zero-order valence-electron chi connectivity index (χ0n) is 17.6. The van der Waals surface area contributed by atoms with E-state index in [0.717, 1.165) is 22.3 Å². The third-order valence-corrected chi connectivity index (χ3v) is 7.58. The monoisotopic (exact) mass is 434 g/mol. The van der Waals surface area contributed by atoms with Gasteiger partial charge in [-0.1, -0.05) is 72.3 Å². The Morgan fingerprint density at radius 3 is 1.97 bits per heavy atom. The lowest BCUT2D eigenvalue weighted by atomic mass is 10.0. The standard InChI is InChI=1S/C25H26N2O3S/c1-20-7-13-24(14-8-20)31(29,30)27-17-15-26(16-18-27)25(28)19-21-9-11-23(12-10-21)22-5-3-2-4-6-22/h2-14H,15-19H2,1H3. The average molecular weight is 435 g/mol. The molecule has 1 aliphatic rings. The van der Waals surface area contributed by atoms with Crippen molar-refractivity contribution < 1.29 is 13.2 Å². The van der Waals surface area contributed by atoms with Crippen LogP contribution in [-0.4, -0.2) is 49.7 Å². The number of benzene rings is 3. The summed E-state index contributed by atoms with van der Waals surface area (Å²) in [6.45, 7) is 3.37. The van der Waals surface area contributed by atoms with Crippen LogP contribution >= 0.6 is 0 Å². The number of nitrogens with zero attached hydrogens (tertiary/aromatic N) is 2. The van der Waals surface area contributed by atoms with Gasteiger partial charge in [-0.05, 0) is 35.7 Å². The van der Waals surface area contributed by atoms with E-state index < -0.39 is 10.0 Å². The smallest absolute Gasteiger partial charge is 0.243 e. The lowest BCUT2D eigenvalue weighted by Gasteiger charge is -2.34. The van der Waals surface area contributed by atoms with E-state index in [2.05, 4.69) is 12.1 Å². The van der Waals surface area contributed by atoms with Crippen molar-refractivity contribution in [1.82, 2.24) is 9.21 Å². The molecule has 0 radical (unpaired) electrons. The SMILES string of the molecule is Cc1ccc(S(=O)(=O)N2CCN(C(=O)Cc3ccc(-c4ccccc4)cc3)CC2)cc1. The molecule has 1 amide bonds. The highest BCUT2D eigenvalue weighted by Crippen LogP contribution is 2.21. The molecule has 1 aliphatic heterocycles. The molecule has 0 saturated carbocycles. The van der Waals surface area contributed by atoms with Gasteiger partial charge in [0.15, 0.2) is 0 Å². The molecule has 5 nitrogen and oxygen atoms in total. The minimum Gasteiger partial charge on any atom is -0.340 e. The maximum atomic E-state index is 12.8. The third kappa shape index (κ3) is 4.86. The summed E-state index contributed by atoms with van der Waals surface area (Å²) >= 11 is 0. The molecule has 0 aliphatic carbocycles. The minimum absolute atomic E-state index is 0.0276. The van der Waals surface area contributed by atoms with Crippen molar-refractivity contribution in [2.24, 2.45) is 0 Å². The molecule has 0 atom stereocenters. The van der Waals surface area contributed by atoms with E-state index in [1.54, 1.807) is 29.2 Å². The van der Waals surface area contributed by atoms with Crippen LogP contribution in [0.4, 0.5) is 0 Å². The topological polar surface area (TPSA) is 57.7 Å². The number of sulfonamides is 1. The largest absolute Gasteiger partial charge is 0.340 e. The average Bonchev–Trinajstić information content (AvgIpc) is 2.80. The summed E-state index contributed by atoms with van der Waals surface area (Å²) < 4.78 is 27.1. The van der Waals surface area contributed by atoms with E-state index in [4.69, 9.17) is 0 Å². The summed E-state index contributed by atoms with van der Waals surface area (Å²) in [6, 6.07) is 25.0. The fraction of sp³-hybridized carbons (Fsp3) is 0.240. The van der Waals surface area contributed by atoms with Crippen LogP contribution in [0.5, 0.6) is 0 Å². The van der Waals surface area contributed by atoms with Crippen LogP contribution in [0.25, 0.3) is 11.1 Å². The molecule has 3 aromatic carbocycles. The number of carbonyl (C=O) groups excluding carboxylic acids is 1. The van der Waals surface area contributed by atoms with Gasteiger partial charge in [-0.3, -0.25) is 4.79 Å². The number of amides is 1. The van der Waals surface area contributed by atoms with Crippen LogP contribution in [0.2, 0.25) is 0 Å². The highest BCUT2D eigenvalue weighted by atomic mass is 32.2. The molecule has 3 aromatic rings. The van der Waals surface area contributed by atoms with Gasteiger partial charge >= 0.3 is 0 Å². The first-order valence-electron chi connectivity index (χ1n) is 10.4. The van der Waals surface area contributed by atoms with Crippen molar-refractivity contribution in [2.75, 3.05) is 26.2 Å². The summed E-state index contributed by atoms with van der Waals surface area (Å²) in [4.78, 5) is 14.8. The molecular weight excluding hydrogens is 408 g/mol. The summed E-state index contributed by atoms with van der Waals surface area (Å²) in [5.74, 6) is 0.0276. The summed E-state index contributed by atoms with van der Waals surface area (Å²) in [6.07, 6.45) is 0.319. The van der Waals surface area contributed by atoms with Gasteiger partial charge in [0.05, 0.1) is 11.3 Å². The van der Waals surface area contributed by atoms with Gasteiger partial charge in [0.2, 0.25) is 15.9 Å². The molecule has 6 heteroatoms. The second-order valence-corrected chi connectivity index (χ2v) is 9.78. The lowest BCUT2D eigenvalue weighted by molar-refractivity contribution is -0.131. The fourth-order valence-corrected chi connectivity index (χ4v) is 5.19. The van der Waals surface area contributed by atoms with Crippen LogP contribution in [0.15, 0.2) is 83.8 Å². The predicted molar refractivity (Wildman–Crippen MR) is 122 cm³/mol. The highest BCUT2D eigenvalue weighted by molar-refractivity contribution is 7.89. The first kappa shape index (κ1) is 21.3. The number of hydrogen-bond acceptors (Lipinski definition) is 3. The Kier molecular flexibility index (Phi) is 6.20. The van der Waals surface area contributed by atoms with Gasteiger partial charge in [0.25, 0.3) is 0 Å². The number of rotatable bonds is 5. The Morgan fingerprint density at radius 2 is 1.35 bits per heavy atom. The van der Waals surface area contributed by atoms with Gasteiger partial charge in [-0.25, -0.2) is 8.42 Å². The van der Waals surface area contributed by atoms with Crippen LogP contribution in [-0.2, 0) is 21.2 Å². The third-order valence-electron chi connectivity index (χ3n) is 5.67. The molecule has 0 N–H and O–H groups in total. The maximum absolute atomic E-state index is 12.8. The lowest BCUT2D eigenvalue weighted by Crippen LogP contribution is -2.50. The number of hydrogen-bond donors (Lipinski definition) is 0. The molecule has 160 valence electrons. The van der Waals surface area contributed by atoms with E-state index in [-0.39, 0.29) is 5.91 Å². The van der Waals surface area contributed by atoms with E-state index in [1.807, 2.05) is 49.4 Å². The van der Waals surface area contributed by atoms with Crippen LogP contribution < -0.4 is 0 Å². The quantitative estimate of drug-likeness (QED) is 0.615. The first-order chi connectivity index (χ1) is 14.9. The summed E-state index contributed by atoms with van der Waals surface area (Å²) in [7, 11) is -3.52. The normalized spacial score (nSPS) is 15.1. The molecule has 1 saturated heterocycles. The maximum Gasteiger partial charge on any atom is 0.243 e. The van der Waals surface area contributed by atoms with Crippen LogP contribution in [0, 0.1) is 6.92 Å². The zero-order chi connectivity index (χ0) is 21.8. The van der Waals surface area contributed by atoms with Gasteiger partial charge < -0.3 is 4.90 Å². The summed E-state index contributed by atoms with van der Waals surface area (Å²) in [5, 5.41) is 0. The Labute approximate surface area is 184 Å².